The minimum Gasteiger partial charge on any atom is -0.396 e. The second-order valence-corrected chi connectivity index (χ2v) is 18.6. The van der Waals surface area contributed by atoms with Gasteiger partial charge in [-0.1, -0.05) is 239 Å². The Morgan fingerprint density at radius 2 is 0.915 bits per heavy atom. The molecule has 1 amide bonds. The van der Waals surface area contributed by atoms with Crippen molar-refractivity contribution in [2.75, 3.05) is 13.2 Å². The Labute approximate surface area is 364 Å². The topological polar surface area (TPSA) is 136 Å². The van der Waals surface area contributed by atoms with E-state index in [0.29, 0.717) is 12.8 Å². The Hall–Kier alpha value is -1.06. The Kier molecular flexibility index (Phi) is 38.9. The van der Waals surface area contributed by atoms with Crippen LogP contribution < -0.4 is 5.32 Å². The van der Waals surface area contributed by atoms with E-state index in [0.717, 1.165) is 38.5 Å². The average molecular weight is 838 g/mol. The summed E-state index contributed by atoms with van der Waals surface area (Å²) in [5, 5.41) is 44.2. The number of unbranched alkanes of at least 4 members (excludes halogenated alkanes) is 34. The minimum atomic E-state index is -1.62. The van der Waals surface area contributed by atoms with Gasteiger partial charge < -0.3 is 30.5 Å². The monoisotopic (exact) mass is 838 g/mol. The van der Waals surface area contributed by atoms with Crippen LogP contribution in [0, 0.1) is 5.92 Å². The SMILES string of the molecule is CCCCCCCCCCCCCCCCCCCCCCCCCC(=O)NC(COC1CC(CO)C(O)C(O)C1=O)C(O)CCCCCCCCCCCCCCC. The number of carbonyl (C=O) groups excluding carboxylic acids is 2. The summed E-state index contributed by atoms with van der Waals surface area (Å²) in [4.78, 5) is 25.7. The number of ketones is 1. The molecule has 6 unspecified atom stereocenters. The maximum Gasteiger partial charge on any atom is 0.220 e. The molecule has 0 aromatic heterocycles. The molecule has 8 heteroatoms. The average Bonchev–Trinajstić information content (AvgIpc) is 3.23. The first-order valence-corrected chi connectivity index (χ1v) is 25.9. The van der Waals surface area contributed by atoms with E-state index < -0.39 is 42.2 Å². The minimum absolute atomic E-state index is 0.0673. The number of hydrogen-bond donors (Lipinski definition) is 5. The standard InChI is InChI=1S/C51H99NO7/c1-3-5-7-9-11-13-15-17-18-19-20-21-22-23-24-25-26-28-30-32-34-36-38-40-48(55)52-45(43-59-47-41-44(42-53)49(56)51(58)50(47)57)46(54)39-37-35-33-31-29-27-16-14-12-10-8-6-4-2/h44-47,49,51,53-54,56,58H,3-43H2,1-2H3,(H,52,55). The Balaban J connectivity index is 2.21. The van der Waals surface area contributed by atoms with Crippen molar-refractivity contribution in [2.45, 2.75) is 295 Å². The van der Waals surface area contributed by atoms with Crippen molar-refractivity contribution >= 4 is 11.7 Å². The number of nitrogens with one attached hydrogen (secondary N) is 1. The van der Waals surface area contributed by atoms with Crippen LogP contribution in [0.1, 0.15) is 264 Å². The van der Waals surface area contributed by atoms with E-state index in [4.69, 9.17) is 4.74 Å². The van der Waals surface area contributed by atoms with Crippen LogP contribution in [0.15, 0.2) is 0 Å². The smallest absolute Gasteiger partial charge is 0.220 e. The molecule has 1 rings (SSSR count). The lowest BCUT2D eigenvalue weighted by Gasteiger charge is -2.35. The van der Waals surface area contributed by atoms with Gasteiger partial charge in [-0.2, -0.15) is 0 Å². The van der Waals surface area contributed by atoms with Crippen molar-refractivity contribution in [1.82, 2.24) is 5.32 Å². The van der Waals surface area contributed by atoms with Gasteiger partial charge in [0.2, 0.25) is 5.91 Å². The fourth-order valence-corrected chi connectivity index (χ4v) is 8.87. The molecule has 0 spiro atoms. The molecule has 5 N–H and O–H groups in total. The number of aliphatic hydroxyl groups excluding tert-OH is 4. The molecule has 0 saturated heterocycles. The van der Waals surface area contributed by atoms with Crippen molar-refractivity contribution in [2.24, 2.45) is 5.92 Å². The molecular formula is C51H99NO7. The summed E-state index contributed by atoms with van der Waals surface area (Å²) in [5.74, 6) is -1.41. The van der Waals surface area contributed by atoms with E-state index in [-0.39, 0.29) is 25.5 Å². The molecule has 6 atom stereocenters. The van der Waals surface area contributed by atoms with E-state index >= 15 is 0 Å². The van der Waals surface area contributed by atoms with Gasteiger partial charge in [0.25, 0.3) is 0 Å². The van der Waals surface area contributed by atoms with Gasteiger partial charge in [0, 0.05) is 18.9 Å². The number of hydrogen-bond acceptors (Lipinski definition) is 7. The normalized spacial score (nSPS) is 19.3. The highest BCUT2D eigenvalue weighted by Gasteiger charge is 2.43. The molecule has 350 valence electrons. The first-order chi connectivity index (χ1) is 28.8. The Bertz CT molecular complexity index is 934. The van der Waals surface area contributed by atoms with Gasteiger partial charge >= 0.3 is 0 Å². The summed E-state index contributed by atoms with van der Waals surface area (Å²) in [6.07, 6.45) is 43.1. The predicted molar refractivity (Wildman–Crippen MR) is 247 cm³/mol. The molecule has 0 aliphatic heterocycles. The summed E-state index contributed by atoms with van der Waals surface area (Å²) in [5.41, 5.74) is 0. The molecule has 1 aliphatic carbocycles. The molecule has 59 heavy (non-hydrogen) atoms. The maximum absolute atomic E-state index is 13.0. The highest BCUT2D eigenvalue weighted by molar-refractivity contribution is 5.88. The highest BCUT2D eigenvalue weighted by atomic mass is 16.5. The molecular weight excluding hydrogens is 739 g/mol. The third-order valence-corrected chi connectivity index (χ3v) is 13.1. The Morgan fingerprint density at radius 3 is 1.27 bits per heavy atom. The van der Waals surface area contributed by atoms with E-state index in [1.807, 2.05) is 0 Å². The van der Waals surface area contributed by atoms with Crippen LogP contribution in [0.25, 0.3) is 0 Å². The second kappa shape index (κ2) is 41.0. The summed E-state index contributed by atoms with van der Waals surface area (Å²) in [6, 6.07) is -0.672. The van der Waals surface area contributed by atoms with Crippen LogP contribution in [0.4, 0.5) is 0 Å². The zero-order chi connectivity index (χ0) is 43.0. The lowest BCUT2D eigenvalue weighted by Crippen LogP contribution is -2.54. The number of carbonyl (C=O) groups is 2. The number of aliphatic hydroxyl groups is 4. The molecule has 8 nitrogen and oxygen atoms in total. The van der Waals surface area contributed by atoms with Gasteiger partial charge in [-0.05, 0) is 19.3 Å². The second-order valence-electron chi connectivity index (χ2n) is 18.6. The van der Waals surface area contributed by atoms with Crippen molar-refractivity contribution in [3.8, 4) is 0 Å². The highest BCUT2D eigenvalue weighted by Crippen LogP contribution is 2.26. The summed E-state index contributed by atoms with van der Waals surface area (Å²) in [7, 11) is 0. The zero-order valence-corrected chi connectivity index (χ0v) is 39.0. The fraction of sp³-hybridized carbons (Fsp3) is 0.961. The fourth-order valence-electron chi connectivity index (χ4n) is 8.87. The van der Waals surface area contributed by atoms with Crippen LogP contribution in [0.3, 0.4) is 0 Å². The van der Waals surface area contributed by atoms with Crippen LogP contribution in [0.5, 0.6) is 0 Å². The van der Waals surface area contributed by atoms with Gasteiger partial charge in [-0.15, -0.1) is 0 Å². The number of ether oxygens (including phenoxy) is 1. The molecule has 0 aromatic carbocycles. The third kappa shape index (κ3) is 31.4. The van der Waals surface area contributed by atoms with Gasteiger partial charge in [0.15, 0.2) is 5.78 Å². The number of Topliss-reactive ketones (excluding diaryl/α,β-unsaturated/α-hetero) is 1. The van der Waals surface area contributed by atoms with Crippen LogP contribution >= 0.6 is 0 Å². The molecule has 1 fully saturated rings. The molecule has 1 saturated carbocycles. The van der Waals surface area contributed by atoms with Crippen LogP contribution in [0.2, 0.25) is 0 Å². The molecule has 0 bridgehead atoms. The van der Waals surface area contributed by atoms with E-state index in [1.54, 1.807) is 0 Å². The number of amides is 1. The largest absolute Gasteiger partial charge is 0.396 e. The molecule has 0 radical (unpaired) electrons. The Morgan fingerprint density at radius 1 is 0.576 bits per heavy atom. The van der Waals surface area contributed by atoms with E-state index in [2.05, 4.69) is 19.2 Å². The lowest BCUT2D eigenvalue weighted by molar-refractivity contribution is -0.161. The van der Waals surface area contributed by atoms with E-state index in [1.165, 1.54) is 193 Å². The van der Waals surface area contributed by atoms with Crippen molar-refractivity contribution in [1.29, 1.82) is 0 Å². The molecule has 1 aliphatic rings. The zero-order valence-electron chi connectivity index (χ0n) is 39.0. The van der Waals surface area contributed by atoms with Crippen LogP contribution in [-0.4, -0.2) is 75.8 Å². The number of rotatable bonds is 44. The molecule has 0 aromatic rings. The van der Waals surface area contributed by atoms with Crippen molar-refractivity contribution in [3.63, 3.8) is 0 Å². The van der Waals surface area contributed by atoms with Gasteiger partial charge in [0.05, 0.1) is 24.9 Å². The van der Waals surface area contributed by atoms with Gasteiger partial charge in [-0.25, -0.2) is 0 Å². The van der Waals surface area contributed by atoms with Crippen LogP contribution in [-0.2, 0) is 14.3 Å². The van der Waals surface area contributed by atoms with Crippen molar-refractivity contribution < 1.29 is 34.8 Å². The van der Waals surface area contributed by atoms with E-state index in [9.17, 15) is 30.0 Å². The first-order valence-electron chi connectivity index (χ1n) is 25.9. The summed E-state index contributed by atoms with van der Waals surface area (Å²) < 4.78 is 5.90. The summed E-state index contributed by atoms with van der Waals surface area (Å²) >= 11 is 0. The van der Waals surface area contributed by atoms with Crippen molar-refractivity contribution in [3.05, 3.63) is 0 Å². The summed E-state index contributed by atoms with van der Waals surface area (Å²) in [6.45, 7) is 4.11. The lowest BCUT2D eigenvalue weighted by atomic mass is 9.82. The quantitative estimate of drug-likeness (QED) is 0.0385. The predicted octanol–water partition coefficient (Wildman–Crippen LogP) is 12.4. The first kappa shape index (κ1) is 56.0. The third-order valence-electron chi connectivity index (χ3n) is 13.1. The maximum atomic E-state index is 13.0. The molecule has 0 heterocycles. The van der Waals surface area contributed by atoms with Gasteiger partial charge in [0.1, 0.15) is 12.2 Å². The van der Waals surface area contributed by atoms with Gasteiger partial charge in [-0.3, -0.25) is 9.59 Å².